The van der Waals surface area contributed by atoms with E-state index in [2.05, 4.69) is 5.32 Å². The average Bonchev–Trinajstić information content (AvgIpc) is 2.50. The molecule has 0 aromatic rings. The van der Waals surface area contributed by atoms with Gasteiger partial charge in [0.2, 0.25) is 6.41 Å². The summed E-state index contributed by atoms with van der Waals surface area (Å²) >= 11 is 0. The number of nitrogens with one attached hydrogen (secondary N) is 1. The summed E-state index contributed by atoms with van der Waals surface area (Å²) in [5.74, 6) is 0. The summed E-state index contributed by atoms with van der Waals surface area (Å²) in [5, 5.41) is 4.62. The summed E-state index contributed by atoms with van der Waals surface area (Å²) < 4.78 is 0. The molecular formula is C9H18N2O2. The molecule has 1 aliphatic rings. The zero-order valence-electron chi connectivity index (χ0n) is 8.54. The van der Waals surface area contributed by atoms with E-state index in [0.717, 1.165) is 25.9 Å². The second kappa shape index (κ2) is 4.07. The number of carbonyl (C=O) groups excluding carboxylic acids is 1. The average molecular weight is 186 g/mol. The van der Waals surface area contributed by atoms with E-state index in [9.17, 15) is 4.79 Å². The van der Waals surface area contributed by atoms with Gasteiger partial charge in [0.1, 0.15) is 0 Å². The molecule has 1 atom stereocenters. The van der Waals surface area contributed by atoms with Crippen molar-refractivity contribution in [3.8, 4) is 0 Å². The van der Waals surface area contributed by atoms with E-state index < -0.39 is 0 Å². The van der Waals surface area contributed by atoms with Crippen molar-refractivity contribution in [1.82, 2.24) is 10.4 Å². The Balaban J connectivity index is 2.46. The zero-order valence-corrected chi connectivity index (χ0v) is 8.54. The molecule has 1 aliphatic heterocycles. The van der Waals surface area contributed by atoms with Crippen molar-refractivity contribution in [2.24, 2.45) is 0 Å². The van der Waals surface area contributed by atoms with Gasteiger partial charge in [-0.1, -0.05) is 0 Å². The maximum atomic E-state index is 10.7. The number of hydrogen-bond acceptors (Lipinski definition) is 3. The number of hydroxylamine groups is 2. The molecule has 1 heterocycles. The summed E-state index contributed by atoms with van der Waals surface area (Å²) in [5.41, 5.74) is -0.302. The fourth-order valence-corrected chi connectivity index (χ4v) is 1.35. The first kappa shape index (κ1) is 10.5. The molecule has 0 aromatic heterocycles. The first-order valence-electron chi connectivity index (χ1n) is 4.66. The van der Waals surface area contributed by atoms with Crippen LogP contribution in [0, 0.1) is 0 Å². The van der Waals surface area contributed by atoms with Crippen LogP contribution in [0.4, 0.5) is 0 Å². The van der Waals surface area contributed by atoms with Crippen LogP contribution in [0.2, 0.25) is 0 Å². The van der Waals surface area contributed by atoms with Gasteiger partial charge in [0.05, 0.1) is 11.6 Å². The second-order valence-electron chi connectivity index (χ2n) is 4.32. The molecule has 0 radical (unpaired) electrons. The Hall–Kier alpha value is -0.610. The first-order valence-corrected chi connectivity index (χ1v) is 4.66. The topological polar surface area (TPSA) is 41.6 Å². The summed E-state index contributed by atoms with van der Waals surface area (Å²) in [6, 6.07) is 0.191. The Morgan fingerprint density at radius 1 is 1.54 bits per heavy atom. The molecule has 1 saturated heterocycles. The van der Waals surface area contributed by atoms with Gasteiger partial charge in [-0.2, -0.15) is 0 Å². The minimum absolute atomic E-state index is 0.191. The van der Waals surface area contributed by atoms with Gasteiger partial charge in [-0.15, -0.1) is 0 Å². The molecule has 76 valence electrons. The van der Waals surface area contributed by atoms with Crippen LogP contribution >= 0.6 is 0 Å². The highest BCUT2D eigenvalue weighted by Gasteiger charge is 2.25. The second-order valence-corrected chi connectivity index (χ2v) is 4.32. The fraction of sp³-hybridized carbons (Fsp3) is 0.889. The van der Waals surface area contributed by atoms with E-state index in [-0.39, 0.29) is 11.6 Å². The molecule has 1 N–H and O–H groups in total. The van der Waals surface area contributed by atoms with Crippen molar-refractivity contribution in [3.05, 3.63) is 0 Å². The van der Waals surface area contributed by atoms with Crippen molar-refractivity contribution < 1.29 is 9.63 Å². The van der Waals surface area contributed by atoms with Crippen LogP contribution in [0.1, 0.15) is 27.2 Å². The van der Waals surface area contributed by atoms with Gasteiger partial charge in [0.25, 0.3) is 0 Å². The van der Waals surface area contributed by atoms with E-state index in [1.807, 2.05) is 20.8 Å². The van der Waals surface area contributed by atoms with Crippen molar-refractivity contribution in [1.29, 1.82) is 0 Å². The summed E-state index contributed by atoms with van der Waals surface area (Å²) in [7, 11) is 0. The van der Waals surface area contributed by atoms with Crippen LogP contribution in [-0.4, -0.2) is 36.2 Å². The van der Waals surface area contributed by atoms with Gasteiger partial charge >= 0.3 is 0 Å². The molecule has 1 fully saturated rings. The summed E-state index contributed by atoms with van der Waals surface area (Å²) in [6.45, 7) is 7.60. The largest absolute Gasteiger partial charge is 0.315 e. The van der Waals surface area contributed by atoms with Gasteiger partial charge in [-0.05, 0) is 33.7 Å². The molecule has 0 unspecified atom stereocenters. The third kappa shape index (κ3) is 3.32. The highest BCUT2D eigenvalue weighted by molar-refractivity contribution is 5.46. The van der Waals surface area contributed by atoms with Crippen LogP contribution in [-0.2, 0) is 9.63 Å². The van der Waals surface area contributed by atoms with Crippen molar-refractivity contribution in [2.75, 3.05) is 13.1 Å². The van der Waals surface area contributed by atoms with Crippen molar-refractivity contribution >= 4 is 6.41 Å². The molecular weight excluding hydrogens is 168 g/mol. The van der Waals surface area contributed by atoms with Gasteiger partial charge in [0, 0.05) is 6.54 Å². The lowest BCUT2D eigenvalue weighted by atomic mass is 10.2. The standard InChI is InChI=1S/C9H18N2O2/c1-9(2,3)13-11(7-12)8-4-5-10-6-8/h7-8,10H,4-6H2,1-3H3/t8-/m1/s1. The lowest BCUT2D eigenvalue weighted by molar-refractivity contribution is -0.229. The van der Waals surface area contributed by atoms with E-state index in [1.165, 1.54) is 5.06 Å². The Morgan fingerprint density at radius 3 is 2.62 bits per heavy atom. The highest BCUT2D eigenvalue weighted by atomic mass is 16.7. The van der Waals surface area contributed by atoms with Gasteiger partial charge < -0.3 is 5.32 Å². The predicted molar refractivity (Wildman–Crippen MR) is 50.0 cm³/mol. The Bertz CT molecular complexity index is 171. The lowest BCUT2D eigenvalue weighted by Gasteiger charge is -2.30. The fourth-order valence-electron chi connectivity index (χ4n) is 1.35. The van der Waals surface area contributed by atoms with Crippen LogP contribution in [0.3, 0.4) is 0 Å². The van der Waals surface area contributed by atoms with Crippen molar-refractivity contribution in [3.63, 3.8) is 0 Å². The van der Waals surface area contributed by atoms with Gasteiger partial charge in [0.15, 0.2) is 0 Å². The van der Waals surface area contributed by atoms with Crippen LogP contribution in [0.5, 0.6) is 0 Å². The predicted octanol–water partition coefficient (Wildman–Crippen LogP) is 0.537. The monoisotopic (exact) mass is 186 g/mol. The first-order chi connectivity index (χ1) is 6.03. The van der Waals surface area contributed by atoms with Crippen LogP contribution in [0.25, 0.3) is 0 Å². The Labute approximate surface area is 79.2 Å². The summed E-state index contributed by atoms with van der Waals surface area (Å²) in [4.78, 5) is 16.2. The molecule has 4 heteroatoms. The Morgan fingerprint density at radius 2 is 2.23 bits per heavy atom. The molecule has 1 rings (SSSR count). The molecule has 4 nitrogen and oxygen atoms in total. The maximum Gasteiger partial charge on any atom is 0.233 e. The van der Waals surface area contributed by atoms with E-state index in [1.54, 1.807) is 0 Å². The number of hydrogen-bond donors (Lipinski definition) is 1. The summed E-state index contributed by atoms with van der Waals surface area (Å²) in [6.07, 6.45) is 1.73. The zero-order chi connectivity index (χ0) is 9.90. The van der Waals surface area contributed by atoms with E-state index in [4.69, 9.17) is 4.84 Å². The quantitative estimate of drug-likeness (QED) is 0.516. The molecule has 0 bridgehead atoms. The molecule has 13 heavy (non-hydrogen) atoms. The van der Waals surface area contributed by atoms with E-state index >= 15 is 0 Å². The van der Waals surface area contributed by atoms with Crippen LogP contribution in [0.15, 0.2) is 0 Å². The number of nitrogens with zero attached hydrogens (tertiary/aromatic N) is 1. The minimum Gasteiger partial charge on any atom is -0.315 e. The van der Waals surface area contributed by atoms with Crippen molar-refractivity contribution in [2.45, 2.75) is 38.8 Å². The number of rotatable bonds is 3. The van der Waals surface area contributed by atoms with Gasteiger partial charge in [-0.3, -0.25) is 9.63 Å². The lowest BCUT2D eigenvalue weighted by Crippen LogP contribution is -2.41. The van der Waals surface area contributed by atoms with Crippen LogP contribution < -0.4 is 5.32 Å². The highest BCUT2D eigenvalue weighted by Crippen LogP contribution is 2.14. The van der Waals surface area contributed by atoms with E-state index in [0.29, 0.717) is 0 Å². The normalized spacial score (nSPS) is 23.2. The molecule has 0 aliphatic carbocycles. The molecule has 0 aromatic carbocycles. The molecule has 0 saturated carbocycles. The number of amides is 1. The SMILES string of the molecule is CC(C)(C)ON(C=O)[C@@H]1CCNC1. The smallest absolute Gasteiger partial charge is 0.233 e. The Kier molecular flexibility index (Phi) is 3.27. The maximum absolute atomic E-state index is 10.7. The third-order valence-electron chi connectivity index (χ3n) is 1.88. The third-order valence-corrected chi connectivity index (χ3v) is 1.88. The van der Waals surface area contributed by atoms with Gasteiger partial charge in [-0.25, -0.2) is 5.06 Å². The number of carbonyl (C=O) groups is 1. The minimum atomic E-state index is -0.302. The molecule has 1 amide bonds. The molecule has 0 spiro atoms.